The van der Waals surface area contributed by atoms with E-state index in [4.69, 9.17) is 0 Å². The Kier molecular flexibility index (Phi) is 11.0. The van der Waals surface area contributed by atoms with Gasteiger partial charge >= 0.3 is 11.9 Å². The first kappa shape index (κ1) is 25.5. The number of carbonyl (C=O) groups excluding carboxylic acids is 3. The molecule has 1 aromatic rings. The van der Waals surface area contributed by atoms with Crippen LogP contribution in [-0.4, -0.2) is 53.3 Å². The van der Waals surface area contributed by atoms with E-state index in [9.17, 15) is 24.3 Å². The van der Waals surface area contributed by atoms with E-state index in [1.807, 2.05) is 19.9 Å². The van der Waals surface area contributed by atoms with Gasteiger partial charge in [-0.3, -0.25) is 14.4 Å². The molecule has 30 heavy (non-hydrogen) atoms. The van der Waals surface area contributed by atoms with Gasteiger partial charge in [0.25, 0.3) is 0 Å². The molecule has 0 heterocycles. The van der Waals surface area contributed by atoms with Gasteiger partial charge < -0.3 is 20.5 Å². The van der Waals surface area contributed by atoms with Crippen molar-refractivity contribution in [3.05, 3.63) is 35.9 Å². The van der Waals surface area contributed by atoms with Crippen molar-refractivity contribution in [1.29, 1.82) is 0 Å². The predicted molar refractivity (Wildman–Crippen MR) is 115 cm³/mol. The predicted octanol–water partition coefficient (Wildman–Crippen LogP) is 1.58. The first-order chi connectivity index (χ1) is 14.1. The molecule has 0 aliphatic heterocycles. The van der Waals surface area contributed by atoms with Crippen LogP contribution in [-0.2, 0) is 30.3 Å². The van der Waals surface area contributed by atoms with Crippen molar-refractivity contribution in [2.45, 2.75) is 56.9 Å². The third-order valence-electron chi connectivity index (χ3n) is 4.39. The molecule has 9 heteroatoms. The molecule has 0 aromatic heterocycles. The van der Waals surface area contributed by atoms with Crippen LogP contribution in [0.15, 0.2) is 30.3 Å². The van der Waals surface area contributed by atoms with Crippen LogP contribution < -0.4 is 10.6 Å². The molecule has 3 atom stereocenters. The summed E-state index contributed by atoms with van der Waals surface area (Å²) in [5.74, 6) is -2.62. The average molecular weight is 439 g/mol. The van der Waals surface area contributed by atoms with E-state index in [0.29, 0.717) is 6.42 Å². The highest BCUT2D eigenvalue weighted by atomic mass is 32.1. The number of methoxy groups -OCH3 is 1. The van der Waals surface area contributed by atoms with E-state index in [2.05, 4.69) is 28.0 Å². The van der Waals surface area contributed by atoms with Crippen LogP contribution in [0.1, 0.15) is 38.7 Å². The zero-order chi connectivity index (χ0) is 22.7. The van der Waals surface area contributed by atoms with Gasteiger partial charge in [0.15, 0.2) is 0 Å². The number of rotatable bonds is 12. The van der Waals surface area contributed by atoms with Gasteiger partial charge in [0.2, 0.25) is 11.8 Å². The number of esters is 1. The average Bonchev–Trinajstić information content (AvgIpc) is 2.70. The summed E-state index contributed by atoms with van der Waals surface area (Å²) < 4.78 is 4.54. The molecule has 0 aliphatic rings. The Bertz CT molecular complexity index is 725. The van der Waals surface area contributed by atoms with Crippen LogP contribution in [0.25, 0.3) is 0 Å². The molecule has 0 radical (unpaired) electrons. The Balaban J connectivity index is 2.79. The zero-order valence-corrected chi connectivity index (χ0v) is 18.4. The van der Waals surface area contributed by atoms with Crippen molar-refractivity contribution >= 4 is 36.4 Å². The Morgan fingerprint density at radius 1 is 1.03 bits per heavy atom. The van der Waals surface area contributed by atoms with Gasteiger partial charge in [0, 0.05) is 12.8 Å². The standard InChI is InChI=1S/C21H30N2O6S/c1-13(2)11-15(22-20(26)17(30)9-10-18(24)29-3)19(25)23-16(21(27)28)12-14-7-5-4-6-8-14/h4-8,13,15-17,30H,9-12H2,1-3H3,(H,22,26)(H,23,25)(H,27,28)/t15-,16-,17?/m0/s1. The lowest BCUT2D eigenvalue weighted by molar-refractivity contribution is -0.142. The summed E-state index contributed by atoms with van der Waals surface area (Å²) in [6.45, 7) is 3.78. The van der Waals surface area contributed by atoms with Crippen LogP contribution in [0.5, 0.6) is 0 Å². The van der Waals surface area contributed by atoms with Gasteiger partial charge in [-0.25, -0.2) is 4.79 Å². The van der Waals surface area contributed by atoms with Crippen molar-refractivity contribution in [1.82, 2.24) is 10.6 Å². The van der Waals surface area contributed by atoms with Gasteiger partial charge in [-0.05, 0) is 24.3 Å². The maximum atomic E-state index is 12.8. The second kappa shape index (κ2) is 12.9. The van der Waals surface area contributed by atoms with E-state index in [-0.39, 0.29) is 25.2 Å². The van der Waals surface area contributed by atoms with Gasteiger partial charge in [0.1, 0.15) is 12.1 Å². The quantitative estimate of drug-likeness (QED) is 0.290. The summed E-state index contributed by atoms with van der Waals surface area (Å²) in [7, 11) is 1.26. The first-order valence-corrected chi connectivity index (χ1v) is 10.3. The second-order valence-corrected chi connectivity index (χ2v) is 8.03. The van der Waals surface area contributed by atoms with Crippen LogP contribution in [0, 0.1) is 5.92 Å². The molecule has 8 nitrogen and oxygen atoms in total. The fourth-order valence-electron chi connectivity index (χ4n) is 2.78. The third kappa shape index (κ3) is 9.30. The maximum Gasteiger partial charge on any atom is 0.326 e. The number of carboxylic acids is 1. The number of benzene rings is 1. The summed E-state index contributed by atoms with van der Waals surface area (Å²) in [4.78, 5) is 48.1. The molecule has 2 amide bonds. The number of carbonyl (C=O) groups is 4. The van der Waals surface area contributed by atoms with Crippen LogP contribution in [0.3, 0.4) is 0 Å². The molecule has 166 valence electrons. The minimum atomic E-state index is -1.16. The molecule has 1 aromatic carbocycles. The zero-order valence-electron chi connectivity index (χ0n) is 17.5. The van der Waals surface area contributed by atoms with Crippen molar-refractivity contribution in [3.63, 3.8) is 0 Å². The van der Waals surface area contributed by atoms with Crippen molar-refractivity contribution < 1.29 is 29.0 Å². The Labute approximate surface area is 182 Å². The monoisotopic (exact) mass is 438 g/mol. The summed E-state index contributed by atoms with van der Waals surface area (Å²) in [6, 6.07) is 6.92. The van der Waals surface area contributed by atoms with Crippen LogP contribution >= 0.6 is 12.6 Å². The number of ether oxygens (including phenoxy) is 1. The Hall–Kier alpha value is -2.55. The fraction of sp³-hybridized carbons (Fsp3) is 0.524. The first-order valence-electron chi connectivity index (χ1n) is 9.76. The highest BCUT2D eigenvalue weighted by molar-refractivity contribution is 7.81. The lowest BCUT2D eigenvalue weighted by Gasteiger charge is -2.24. The molecule has 0 fully saturated rings. The largest absolute Gasteiger partial charge is 0.480 e. The highest BCUT2D eigenvalue weighted by Crippen LogP contribution is 2.11. The lowest BCUT2D eigenvalue weighted by atomic mass is 10.0. The number of thiol groups is 1. The van der Waals surface area contributed by atoms with Gasteiger partial charge in [0.05, 0.1) is 12.4 Å². The number of carboxylic acid groups (broad SMARTS) is 1. The van der Waals surface area contributed by atoms with E-state index in [0.717, 1.165) is 5.56 Å². The van der Waals surface area contributed by atoms with Crippen LogP contribution in [0.4, 0.5) is 0 Å². The van der Waals surface area contributed by atoms with E-state index in [1.165, 1.54) is 7.11 Å². The number of aliphatic carboxylic acids is 1. The number of hydrogen-bond acceptors (Lipinski definition) is 6. The summed E-state index contributed by atoms with van der Waals surface area (Å²) in [5.41, 5.74) is 0.771. The molecule has 0 bridgehead atoms. The van der Waals surface area contributed by atoms with Gasteiger partial charge in [-0.2, -0.15) is 12.6 Å². The Morgan fingerprint density at radius 2 is 1.63 bits per heavy atom. The van der Waals surface area contributed by atoms with E-state index in [1.54, 1.807) is 24.3 Å². The SMILES string of the molecule is COC(=O)CCC(S)C(=O)N[C@@H](CC(C)C)C(=O)N[C@@H](Cc1ccccc1)C(=O)O. The molecular weight excluding hydrogens is 408 g/mol. The maximum absolute atomic E-state index is 12.8. The number of hydrogen-bond donors (Lipinski definition) is 4. The molecule has 1 rings (SSSR count). The van der Waals surface area contributed by atoms with E-state index < -0.39 is 41.1 Å². The molecule has 0 saturated heterocycles. The molecule has 0 spiro atoms. The molecule has 0 saturated carbocycles. The second-order valence-electron chi connectivity index (χ2n) is 7.41. The summed E-state index contributed by atoms with van der Waals surface area (Å²) >= 11 is 4.20. The molecule has 3 N–H and O–H groups in total. The van der Waals surface area contributed by atoms with Gasteiger partial charge in [-0.1, -0.05) is 44.2 Å². The summed E-state index contributed by atoms with van der Waals surface area (Å²) in [6.07, 6.45) is 0.631. The third-order valence-corrected chi connectivity index (χ3v) is 4.88. The summed E-state index contributed by atoms with van der Waals surface area (Å²) in [5, 5.41) is 13.9. The minimum Gasteiger partial charge on any atom is -0.480 e. The highest BCUT2D eigenvalue weighted by Gasteiger charge is 2.28. The topological polar surface area (TPSA) is 122 Å². The molecule has 0 aliphatic carbocycles. The van der Waals surface area contributed by atoms with Gasteiger partial charge in [-0.15, -0.1) is 0 Å². The lowest BCUT2D eigenvalue weighted by Crippen LogP contribution is -2.53. The van der Waals surface area contributed by atoms with Crippen molar-refractivity contribution in [3.8, 4) is 0 Å². The normalized spacial score (nSPS) is 13.8. The molecule has 1 unspecified atom stereocenters. The van der Waals surface area contributed by atoms with E-state index >= 15 is 0 Å². The van der Waals surface area contributed by atoms with Crippen LogP contribution in [0.2, 0.25) is 0 Å². The van der Waals surface area contributed by atoms with Crippen molar-refractivity contribution in [2.75, 3.05) is 7.11 Å². The molecular formula is C21H30N2O6S. The smallest absolute Gasteiger partial charge is 0.326 e. The minimum absolute atomic E-state index is 0.0251. The fourth-order valence-corrected chi connectivity index (χ4v) is 2.98. The van der Waals surface area contributed by atoms with Crippen molar-refractivity contribution in [2.24, 2.45) is 5.92 Å². The Morgan fingerprint density at radius 3 is 2.17 bits per heavy atom. The number of nitrogens with one attached hydrogen (secondary N) is 2. The number of amides is 2.